The van der Waals surface area contributed by atoms with Crippen LogP contribution in [0.4, 0.5) is 0 Å². The fourth-order valence-electron chi connectivity index (χ4n) is 4.70. The maximum absolute atomic E-state index is 12.4. The maximum Gasteiger partial charge on any atom is 0.223 e. The molecule has 0 aromatic heterocycles. The van der Waals surface area contributed by atoms with E-state index < -0.39 is 0 Å². The van der Waals surface area contributed by atoms with Gasteiger partial charge in [0.15, 0.2) is 0 Å². The van der Waals surface area contributed by atoms with Gasteiger partial charge in [0.2, 0.25) is 11.8 Å². The summed E-state index contributed by atoms with van der Waals surface area (Å²) in [7, 11) is 4.29. The first-order chi connectivity index (χ1) is 14.4. The van der Waals surface area contributed by atoms with Crippen LogP contribution in [0.3, 0.4) is 0 Å². The van der Waals surface area contributed by atoms with Gasteiger partial charge in [-0.05, 0) is 63.9 Å². The van der Waals surface area contributed by atoms with E-state index in [0.717, 1.165) is 63.3 Å². The Morgan fingerprint density at radius 1 is 1.20 bits per heavy atom. The van der Waals surface area contributed by atoms with Gasteiger partial charge in [-0.25, -0.2) is 0 Å². The minimum Gasteiger partial charge on any atom is -0.353 e. The quantitative estimate of drug-likeness (QED) is 0.691. The van der Waals surface area contributed by atoms with Crippen LogP contribution in [0, 0.1) is 0 Å². The first kappa shape index (κ1) is 23.0. The predicted octanol–water partition coefficient (Wildman–Crippen LogP) is 2.45. The van der Waals surface area contributed by atoms with E-state index in [1.807, 2.05) is 17.0 Å². The van der Waals surface area contributed by atoms with E-state index in [1.165, 1.54) is 5.56 Å². The van der Waals surface area contributed by atoms with Gasteiger partial charge in [0.1, 0.15) is 0 Å². The molecule has 2 aliphatic rings. The van der Waals surface area contributed by atoms with Crippen molar-refractivity contribution in [3.63, 3.8) is 0 Å². The number of hydrogen-bond donors (Lipinski definition) is 2. The number of nitrogens with one attached hydrogen (secondary N) is 2. The van der Waals surface area contributed by atoms with Crippen LogP contribution in [-0.4, -0.2) is 73.5 Å². The molecule has 1 aromatic rings. The van der Waals surface area contributed by atoms with Crippen molar-refractivity contribution in [2.24, 2.45) is 0 Å². The Morgan fingerprint density at radius 3 is 2.53 bits per heavy atom. The lowest BCUT2D eigenvalue weighted by atomic mass is 9.75. The Morgan fingerprint density at radius 2 is 1.90 bits per heavy atom. The van der Waals surface area contributed by atoms with E-state index in [0.29, 0.717) is 6.42 Å². The van der Waals surface area contributed by atoms with Crippen LogP contribution < -0.4 is 10.6 Å². The first-order valence-corrected chi connectivity index (χ1v) is 11.5. The molecular formula is C23H35ClN4O2. The summed E-state index contributed by atoms with van der Waals surface area (Å²) >= 11 is 6.18. The SMILES string of the molecule is CN(C)C1(Cc2cccc(Cl)c2)CCC(NC(=O)CCC(=O)N2CCNCC2)CC1. The lowest BCUT2D eigenvalue weighted by molar-refractivity contribution is -0.134. The number of amides is 2. The molecule has 0 unspecified atom stereocenters. The van der Waals surface area contributed by atoms with E-state index >= 15 is 0 Å². The molecule has 0 bridgehead atoms. The van der Waals surface area contributed by atoms with Gasteiger partial charge in [0.05, 0.1) is 0 Å². The monoisotopic (exact) mass is 434 g/mol. The Kier molecular flexibility index (Phi) is 8.14. The maximum atomic E-state index is 12.4. The van der Waals surface area contributed by atoms with Gasteiger partial charge in [-0.15, -0.1) is 0 Å². The highest BCUT2D eigenvalue weighted by molar-refractivity contribution is 6.30. The zero-order valence-electron chi connectivity index (χ0n) is 18.3. The fraction of sp³-hybridized carbons (Fsp3) is 0.652. The largest absolute Gasteiger partial charge is 0.353 e. The van der Waals surface area contributed by atoms with Crippen LogP contribution in [-0.2, 0) is 16.0 Å². The summed E-state index contributed by atoms with van der Waals surface area (Å²) in [4.78, 5) is 28.8. The van der Waals surface area contributed by atoms with Crippen molar-refractivity contribution in [1.82, 2.24) is 20.4 Å². The molecule has 30 heavy (non-hydrogen) atoms. The lowest BCUT2D eigenvalue weighted by Crippen LogP contribution is -2.52. The normalized spacial score (nSPS) is 24.7. The second kappa shape index (κ2) is 10.6. The molecular weight excluding hydrogens is 400 g/mol. The van der Waals surface area contributed by atoms with Crippen molar-refractivity contribution in [3.8, 4) is 0 Å². The molecule has 1 aliphatic carbocycles. The molecule has 2 fully saturated rings. The van der Waals surface area contributed by atoms with E-state index in [4.69, 9.17) is 11.6 Å². The number of carbonyl (C=O) groups excluding carboxylic acids is 2. The molecule has 0 spiro atoms. The summed E-state index contributed by atoms with van der Waals surface area (Å²) in [5.41, 5.74) is 1.34. The molecule has 2 N–H and O–H groups in total. The van der Waals surface area contributed by atoms with Gasteiger partial charge in [-0.3, -0.25) is 9.59 Å². The van der Waals surface area contributed by atoms with Crippen molar-refractivity contribution >= 4 is 23.4 Å². The van der Waals surface area contributed by atoms with Gasteiger partial charge in [-0.1, -0.05) is 23.7 Å². The van der Waals surface area contributed by atoms with Gasteiger partial charge < -0.3 is 20.4 Å². The zero-order valence-corrected chi connectivity index (χ0v) is 19.0. The van der Waals surface area contributed by atoms with Gasteiger partial charge in [0, 0.05) is 55.6 Å². The molecule has 3 rings (SSSR count). The minimum atomic E-state index is -0.00400. The molecule has 166 valence electrons. The van der Waals surface area contributed by atoms with E-state index in [2.05, 4.69) is 41.8 Å². The number of piperazine rings is 1. The highest BCUT2D eigenvalue weighted by atomic mass is 35.5. The summed E-state index contributed by atoms with van der Waals surface area (Å²) in [5.74, 6) is 0.0825. The highest BCUT2D eigenvalue weighted by Gasteiger charge is 2.37. The van der Waals surface area contributed by atoms with E-state index in [9.17, 15) is 9.59 Å². The third kappa shape index (κ3) is 6.19. The van der Waals surface area contributed by atoms with Crippen LogP contribution in [0.1, 0.15) is 44.1 Å². The topological polar surface area (TPSA) is 64.7 Å². The van der Waals surface area contributed by atoms with Crippen molar-refractivity contribution in [1.29, 1.82) is 0 Å². The third-order valence-electron chi connectivity index (χ3n) is 6.69. The van der Waals surface area contributed by atoms with Crippen molar-refractivity contribution < 1.29 is 9.59 Å². The van der Waals surface area contributed by atoms with Crippen molar-refractivity contribution in [2.75, 3.05) is 40.3 Å². The smallest absolute Gasteiger partial charge is 0.223 e. The number of likely N-dealkylation sites (N-methyl/N-ethyl adjacent to an activating group) is 1. The third-order valence-corrected chi connectivity index (χ3v) is 6.92. The van der Waals surface area contributed by atoms with E-state index in [1.54, 1.807) is 0 Å². The molecule has 1 saturated heterocycles. The first-order valence-electron chi connectivity index (χ1n) is 11.1. The summed E-state index contributed by atoms with van der Waals surface area (Å²) in [6, 6.07) is 8.30. The molecule has 1 aliphatic heterocycles. The molecule has 7 heteroatoms. The number of carbonyl (C=O) groups is 2. The minimum absolute atomic E-state index is 0.00400. The summed E-state index contributed by atoms with van der Waals surface area (Å²) in [6.45, 7) is 3.15. The number of benzene rings is 1. The average molecular weight is 435 g/mol. The number of hydrogen-bond acceptors (Lipinski definition) is 4. The summed E-state index contributed by atoms with van der Waals surface area (Å²) < 4.78 is 0. The van der Waals surface area contributed by atoms with Gasteiger partial charge >= 0.3 is 0 Å². The summed E-state index contributed by atoms with van der Waals surface area (Å²) in [6.07, 6.45) is 5.50. The van der Waals surface area contributed by atoms with Crippen LogP contribution in [0.15, 0.2) is 24.3 Å². The van der Waals surface area contributed by atoms with Crippen molar-refractivity contribution in [2.45, 2.75) is 56.5 Å². The van der Waals surface area contributed by atoms with Crippen LogP contribution in [0.25, 0.3) is 0 Å². The zero-order chi connectivity index (χ0) is 21.6. The molecule has 1 heterocycles. The molecule has 0 radical (unpaired) electrons. The molecule has 1 saturated carbocycles. The van der Waals surface area contributed by atoms with Crippen LogP contribution in [0.5, 0.6) is 0 Å². The Balaban J connectivity index is 1.46. The van der Waals surface area contributed by atoms with Crippen LogP contribution >= 0.6 is 11.6 Å². The predicted molar refractivity (Wildman–Crippen MR) is 121 cm³/mol. The fourth-order valence-corrected chi connectivity index (χ4v) is 4.91. The highest BCUT2D eigenvalue weighted by Crippen LogP contribution is 2.35. The standard InChI is InChI=1S/C23H35ClN4O2/c1-27(2)23(17-18-4-3-5-19(24)16-18)10-8-20(9-11-23)26-21(29)6-7-22(30)28-14-12-25-13-15-28/h3-5,16,20,25H,6-15,17H2,1-2H3,(H,26,29). The van der Waals surface area contributed by atoms with Gasteiger partial charge in [-0.2, -0.15) is 0 Å². The molecule has 1 aromatic carbocycles. The van der Waals surface area contributed by atoms with E-state index in [-0.39, 0.29) is 29.8 Å². The van der Waals surface area contributed by atoms with Gasteiger partial charge in [0.25, 0.3) is 0 Å². The second-order valence-corrected chi connectivity index (χ2v) is 9.33. The number of halogens is 1. The Bertz CT molecular complexity index is 726. The summed E-state index contributed by atoms with van der Waals surface area (Å²) in [5, 5.41) is 7.18. The number of nitrogens with zero attached hydrogens (tertiary/aromatic N) is 2. The lowest BCUT2D eigenvalue weighted by Gasteiger charge is -2.45. The second-order valence-electron chi connectivity index (χ2n) is 8.90. The Labute approximate surface area is 185 Å². The Hall–Kier alpha value is -1.63. The molecule has 0 atom stereocenters. The number of rotatable bonds is 7. The molecule has 2 amide bonds. The van der Waals surface area contributed by atoms with Crippen molar-refractivity contribution in [3.05, 3.63) is 34.9 Å². The van der Waals surface area contributed by atoms with Crippen LogP contribution in [0.2, 0.25) is 5.02 Å². The average Bonchev–Trinajstić information content (AvgIpc) is 2.74. The molecule has 6 nitrogen and oxygen atoms in total.